The molecule has 1 aromatic heterocycles. The molecule has 2 atom stereocenters. The van der Waals surface area contributed by atoms with Crippen molar-refractivity contribution in [3.05, 3.63) is 66.5 Å². The van der Waals surface area contributed by atoms with Crippen molar-refractivity contribution in [2.24, 2.45) is 5.92 Å². The molecule has 1 heterocycles. The summed E-state index contributed by atoms with van der Waals surface area (Å²) in [6.07, 6.45) is 8.52. The number of nitrogens with zero attached hydrogens (tertiary/aromatic N) is 3. The molecule has 0 aliphatic heterocycles. The summed E-state index contributed by atoms with van der Waals surface area (Å²) < 4.78 is 2.02. The molecule has 0 unspecified atom stereocenters. The molecule has 3 heteroatoms. The van der Waals surface area contributed by atoms with Crippen molar-refractivity contribution in [2.45, 2.75) is 13.0 Å². The summed E-state index contributed by atoms with van der Waals surface area (Å²) in [6.45, 7) is 2.26. The van der Waals surface area contributed by atoms with Gasteiger partial charge in [-0.25, -0.2) is 4.68 Å². The summed E-state index contributed by atoms with van der Waals surface area (Å²) in [5.41, 5.74) is 3.60. The predicted molar refractivity (Wildman–Crippen MR) is 87.3 cm³/mol. The number of aromatic nitrogens is 2. The summed E-state index contributed by atoms with van der Waals surface area (Å²) in [4.78, 5) is 2.26. The average molecular weight is 279 g/mol. The highest BCUT2D eigenvalue weighted by molar-refractivity contribution is 5.72. The van der Waals surface area contributed by atoms with E-state index in [1.54, 1.807) is 0 Å². The van der Waals surface area contributed by atoms with Gasteiger partial charge in [-0.15, -0.1) is 0 Å². The van der Waals surface area contributed by atoms with Crippen LogP contribution in [-0.2, 0) is 0 Å². The molecule has 3 nitrogen and oxygen atoms in total. The SMILES string of the molecule is C[C@H]([C@H]1C=CC=C1c1ccnn1-c1ccccc1)N(C)C. The molecule has 0 radical (unpaired) electrons. The van der Waals surface area contributed by atoms with Gasteiger partial charge in [-0.05, 0) is 44.8 Å². The first kappa shape index (κ1) is 13.8. The highest BCUT2D eigenvalue weighted by atomic mass is 15.3. The Morgan fingerprint density at radius 1 is 1.14 bits per heavy atom. The van der Waals surface area contributed by atoms with E-state index in [0.717, 1.165) is 5.69 Å². The zero-order valence-electron chi connectivity index (χ0n) is 12.8. The number of hydrogen-bond acceptors (Lipinski definition) is 2. The van der Waals surface area contributed by atoms with Crippen molar-refractivity contribution in [1.82, 2.24) is 14.7 Å². The first-order valence-corrected chi connectivity index (χ1v) is 7.33. The van der Waals surface area contributed by atoms with Gasteiger partial charge in [0, 0.05) is 12.0 Å². The lowest BCUT2D eigenvalue weighted by atomic mass is 9.92. The Morgan fingerprint density at radius 2 is 1.90 bits per heavy atom. The third-order valence-electron chi connectivity index (χ3n) is 4.23. The minimum Gasteiger partial charge on any atom is -0.306 e. The van der Waals surface area contributed by atoms with E-state index in [2.05, 4.69) is 67.4 Å². The summed E-state index contributed by atoms with van der Waals surface area (Å²) in [5, 5.41) is 4.50. The second-order valence-electron chi connectivity index (χ2n) is 5.70. The van der Waals surface area contributed by atoms with Gasteiger partial charge in [0.25, 0.3) is 0 Å². The van der Waals surface area contributed by atoms with Crippen molar-refractivity contribution in [3.63, 3.8) is 0 Å². The minimum atomic E-state index is 0.402. The van der Waals surface area contributed by atoms with Crippen molar-refractivity contribution in [1.29, 1.82) is 0 Å². The number of hydrogen-bond donors (Lipinski definition) is 0. The fourth-order valence-corrected chi connectivity index (χ4v) is 2.79. The molecule has 0 fully saturated rings. The molecular weight excluding hydrogens is 258 g/mol. The van der Waals surface area contributed by atoms with E-state index >= 15 is 0 Å². The van der Waals surface area contributed by atoms with Gasteiger partial charge in [-0.3, -0.25) is 0 Å². The molecule has 0 bridgehead atoms. The lowest BCUT2D eigenvalue weighted by Crippen LogP contribution is -2.31. The van der Waals surface area contributed by atoms with Crippen LogP contribution in [0.15, 0.2) is 60.8 Å². The van der Waals surface area contributed by atoms with Crippen LogP contribution >= 0.6 is 0 Å². The van der Waals surface area contributed by atoms with Gasteiger partial charge >= 0.3 is 0 Å². The number of para-hydroxylation sites is 1. The number of benzene rings is 1. The third kappa shape index (κ3) is 2.57. The van der Waals surface area contributed by atoms with Gasteiger partial charge in [0.1, 0.15) is 0 Å². The molecule has 1 aliphatic rings. The van der Waals surface area contributed by atoms with Crippen LogP contribution in [-0.4, -0.2) is 34.8 Å². The molecule has 0 amide bonds. The van der Waals surface area contributed by atoms with E-state index in [4.69, 9.17) is 0 Å². The van der Waals surface area contributed by atoms with Crippen LogP contribution in [0.4, 0.5) is 0 Å². The van der Waals surface area contributed by atoms with E-state index < -0.39 is 0 Å². The molecule has 0 saturated carbocycles. The maximum absolute atomic E-state index is 4.50. The smallest absolute Gasteiger partial charge is 0.0707 e. The Balaban J connectivity index is 1.97. The lowest BCUT2D eigenvalue weighted by Gasteiger charge is -2.27. The van der Waals surface area contributed by atoms with Gasteiger partial charge in [0.05, 0.1) is 17.6 Å². The minimum absolute atomic E-state index is 0.402. The normalized spacial score (nSPS) is 19.0. The zero-order chi connectivity index (χ0) is 14.8. The van der Waals surface area contributed by atoms with E-state index in [1.165, 1.54) is 11.3 Å². The lowest BCUT2D eigenvalue weighted by molar-refractivity contribution is 0.286. The molecule has 0 N–H and O–H groups in total. The third-order valence-corrected chi connectivity index (χ3v) is 4.23. The van der Waals surface area contributed by atoms with E-state index in [9.17, 15) is 0 Å². The fraction of sp³-hybridized carbons (Fsp3) is 0.278. The fourth-order valence-electron chi connectivity index (χ4n) is 2.79. The molecular formula is C18H21N3. The first-order chi connectivity index (χ1) is 10.2. The molecule has 21 heavy (non-hydrogen) atoms. The number of rotatable bonds is 4. The standard InChI is InChI=1S/C18H21N3/c1-14(20(2)3)16-10-7-11-17(16)18-12-13-19-21(18)15-8-5-4-6-9-15/h4-14,16H,1-3H3/t14-,16-/m1/s1. The van der Waals surface area contributed by atoms with Gasteiger partial charge in [0.2, 0.25) is 0 Å². The van der Waals surface area contributed by atoms with Crippen LogP contribution < -0.4 is 0 Å². The maximum Gasteiger partial charge on any atom is 0.0707 e. The molecule has 0 spiro atoms. The van der Waals surface area contributed by atoms with Gasteiger partial charge in [-0.2, -0.15) is 5.10 Å². The van der Waals surface area contributed by atoms with E-state index in [-0.39, 0.29) is 0 Å². The monoisotopic (exact) mass is 279 g/mol. The Hall–Kier alpha value is -2.13. The van der Waals surface area contributed by atoms with Crippen LogP contribution in [0, 0.1) is 5.92 Å². The van der Waals surface area contributed by atoms with Crippen LogP contribution in [0.3, 0.4) is 0 Å². The van der Waals surface area contributed by atoms with Crippen molar-refractivity contribution < 1.29 is 0 Å². The second-order valence-corrected chi connectivity index (χ2v) is 5.70. The zero-order valence-corrected chi connectivity index (χ0v) is 12.8. The Morgan fingerprint density at radius 3 is 2.62 bits per heavy atom. The number of allylic oxidation sites excluding steroid dienone is 2. The summed E-state index contributed by atoms with van der Waals surface area (Å²) in [5.74, 6) is 0.402. The molecule has 108 valence electrons. The average Bonchev–Trinajstić information content (AvgIpc) is 3.15. The first-order valence-electron chi connectivity index (χ1n) is 7.33. The van der Waals surface area contributed by atoms with E-state index in [1.807, 2.05) is 29.1 Å². The Bertz CT molecular complexity index is 665. The quantitative estimate of drug-likeness (QED) is 0.855. The predicted octanol–water partition coefficient (Wildman–Crippen LogP) is 3.39. The Kier molecular flexibility index (Phi) is 3.76. The Labute approximate surface area is 126 Å². The highest BCUT2D eigenvalue weighted by Gasteiger charge is 2.26. The topological polar surface area (TPSA) is 21.1 Å². The van der Waals surface area contributed by atoms with Crippen LogP contribution in [0.25, 0.3) is 11.3 Å². The highest BCUT2D eigenvalue weighted by Crippen LogP contribution is 2.33. The summed E-state index contributed by atoms with van der Waals surface area (Å²) >= 11 is 0. The maximum atomic E-state index is 4.50. The van der Waals surface area contributed by atoms with Crippen LogP contribution in [0.5, 0.6) is 0 Å². The van der Waals surface area contributed by atoms with Crippen molar-refractivity contribution >= 4 is 5.57 Å². The van der Waals surface area contributed by atoms with Crippen molar-refractivity contribution in [2.75, 3.05) is 14.1 Å². The molecule has 1 aromatic carbocycles. The molecule has 0 saturated heterocycles. The molecule has 3 rings (SSSR count). The molecule has 1 aliphatic carbocycles. The summed E-state index contributed by atoms with van der Waals surface area (Å²) in [6, 6.07) is 12.8. The van der Waals surface area contributed by atoms with Gasteiger partial charge < -0.3 is 4.90 Å². The van der Waals surface area contributed by atoms with Crippen LogP contribution in [0.1, 0.15) is 12.6 Å². The van der Waals surface area contributed by atoms with Crippen molar-refractivity contribution in [3.8, 4) is 5.69 Å². The van der Waals surface area contributed by atoms with Gasteiger partial charge in [0.15, 0.2) is 0 Å². The summed E-state index contributed by atoms with van der Waals surface area (Å²) in [7, 11) is 4.26. The van der Waals surface area contributed by atoms with Crippen LogP contribution in [0.2, 0.25) is 0 Å². The molecule has 2 aromatic rings. The largest absolute Gasteiger partial charge is 0.306 e. The van der Waals surface area contributed by atoms with E-state index in [0.29, 0.717) is 12.0 Å². The van der Waals surface area contributed by atoms with Gasteiger partial charge in [-0.1, -0.05) is 36.4 Å². The second kappa shape index (κ2) is 5.70.